The van der Waals surface area contributed by atoms with Crippen LogP contribution >= 0.6 is 12.2 Å². The Bertz CT molecular complexity index is 1080. The topological polar surface area (TPSA) is 88.7 Å². The van der Waals surface area contributed by atoms with E-state index >= 15 is 0 Å². The molecule has 0 aliphatic heterocycles. The van der Waals surface area contributed by atoms with Gasteiger partial charge in [0, 0.05) is 12.2 Å². The van der Waals surface area contributed by atoms with Gasteiger partial charge in [0.2, 0.25) is 5.91 Å². The van der Waals surface area contributed by atoms with Crippen LogP contribution < -0.4 is 20.9 Å². The Balaban J connectivity index is 1.45. The summed E-state index contributed by atoms with van der Waals surface area (Å²) in [5.74, 6) is -0.0270. The summed E-state index contributed by atoms with van der Waals surface area (Å²) in [5.41, 5.74) is 6.40. The molecule has 0 radical (unpaired) electrons. The van der Waals surface area contributed by atoms with Crippen molar-refractivity contribution in [3.8, 4) is 5.75 Å². The molecule has 0 bridgehead atoms. The Hall–Kier alpha value is -3.49. The average Bonchev–Trinajstić information content (AvgIpc) is 2.81. The number of hydrogen-bond acceptors (Lipinski definition) is 5. The number of hydrazine groups is 1. The van der Waals surface area contributed by atoms with Gasteiger partial charge in [-0.1, -0.05) is 42.5 Å². The van der Waals surface area contributed by atoms with Crippen LogP contribution in [0.3, 0.4) is 0 Å². The average molecular weight is 452 g/mol. The zero-order valence-electron chi connectivity index (χ0n) is 17.7. The molecule has 0 aromatic heterocycles. The Morgan fingerprint density at radius 3 is 2.44 bits per heavy atom. The number of thiocarbonyl (C=S) groups is 1. The van der Waals surface area contributed by atoms with E-state index in [1.165, 1.54) is 0 Å². The van der Waals surface area contributed by atoms with Gasteiger partial charge in [0.15, 0.2) is 5.11 Å². The van der Waals surface area contributed by atoms with Crippen molar-refractivity contribution in [3.63, 3.8) is 0 Å². The van der Waals surface area contributed by atoms with Crippen LogP contribution in [-0.4, -0.2) is 36.7 Å². The maximum absolute atomic E-state index is 12.3. The van der Waals surface area contributed by atoms with E-state index in [1.807, 2.05) is 49.4 Å². The van der Waals surface area contributed by atoms with Crippen molar-refractivity contribution in [2.24, 2.45) is 0 Å². The van der Waals surface area contributed by atoms with Crippen LogP contribution in [0.5, 0.6) is 5.75 Å². The Morgan fingerprint density at radius 2 is 1.66 bits per heavy atom. The van der Waals surface area contributed by atoms with E-state index in [2.05, 4.69) is 16.2 Å². The third-order valence-corrected chi connectivity index (χ3v) is 4.79. The molecule has 0 heterocycles. The molecule has 2 amide bonds. The number of fused-ring (bicyclic) bond motifs is 1. The summed E-state index contributed by atoms with van der Waals surface area (Å²) in [5, 5.41) is 4.62. The smallest absolute Gasteiger partial charge is 0.257 e. The highest BCUT2D eigenvalue weighted by atomic mass is 32.1. The van der Waals surface area contributed by atoms with Gasteiger partial charge in [0.05, 0.1) is 13.0 Å². The van der Waals surface area contributed by atoms with Crippen LogP contribution in [0.25, 0.3) is 10.8 Å². The molecule has 0 saturated carbocycles. The van der Waals surface area contributed by atoms with Crippen molar-refractivity contribution in [3.05, 3.63) is 77.9 Å². The largest absolute Gasteiger partial charge is 0.491 e. The van der Waals surface area contributed by atoms with Crippen LogP contribution in [0.2, 0.25) is 0 Å². The van der Waals surface area contributed by atoms with Crippen molar-refractivity contribution in [1.82, 2.24) is 16.2 Å². The molecule has 8 heteroatoms. The molecule has 32 heavy (non-hydrogen) atoms. The van der Waals surface area contributed by atoms with Gasteiger partial charge in [0.1, 0.15) is 12.4 Å². The molecule has 3 rings (SSSR count). The fraction of sp³-hybridized carbons (Fsp3) is 0.208. The van der Waals surface area contributed by atoms with Crippen LogP contribution in [0.4, 0.5) is 0 Å². The first-order chi connectivity index (χ1) is 15.6. The van der Waals surface area contributed by atoms with Crippen molar-refractivity contribution >= 4 is 39.9 Å². The number of hydrogen-bond donors (Lipinski definition) is 3. The van der Waals surface area contributed by atoms with E-state index in [1.54, 1.807) is 24.3 Å². The lowest BCUT2D eigenvalue weighted by molar-refractivity contribution is -0.121. The first kappa shape index (κ1) is 23.2. The van der Waals surface area contributed by atoms with Crippen LogP contribution in [0.1, 0.15) is 22.8 Å². The molecule has 0 unspecified atom stereocenters. The molecule has 0 spiro atoms. The van der Waals surface area contributed by atoms with Gasteiger partial charge in [-0.15, -0.1) is 0 Å². The fourth-order valence-corrected chi connectivity index (χ4v) is 3.21. The number of carbonyl (C=O) groups excluding carboxylic acids is 2. The lowest BCUT2D eigenvalue weighted by atomic mass is 10.0. The highest BCUT2D eigenvalue weighted by Gasteiger charge is 2.10. The predicted molar refractivity (Wildman–Crippen MR) is 127 cm³/mol. The SMILES string of the molecule is CCOCCOc1ccc(C(=O)NC(=S)NNC(=O)Cc2cccc3ccccc23)cc1. The Morgan fingerprint density at radius 1 is 0.906 bits per heavy atom. The number of nitrogens with one attached hydrogen (secondary N) is 3. The first-order valence-corrected chi connectivity index (χ1v) is 10.6. The molecule has 3 aromatic carbocycles. The molecule has 0 aliphatic carbocycles. The van der Waals surface area contributed by atoms with Gasteiger partial charge >= 0.3 is 0 Å². The molecular formula is C24H25N3O4S. The maximum atomic E-state index is 12.3. The highest BCUT2D eigenvalue weighted by molar-refractivity contribution is 7.80. The lowest BCUT2D eigenvalue weighted by Gasteiger charge is -2.12. The minimum Gasteiger partial charge on any atom is -0.491 e. The van der Waals surface area contributed by atoms with Gasteiger partial charge < -0.3 is 9.47 Å². The number of amides is 2. The molecule has 3 N–H and O–H groups in total. The maximum Gasteiger partial charge on any atom is 0.257 e. The highest BCUT2D eigenvalue weighted by Crippen LogP contribution is 2.18. The number of carbonyl (C=O) groups is 2. The van der Waals surface area contributed by atoms with E-state index in [0.717, 1.165) is 16.3 Å². The van der Waals surface area contributed by atoms with Crippen LogP contribution in [-0.2, 0) is 16.0 Å². The zero-order valence-corrected chi connectivity index (χ0v) is 18.5. The van der Waals surface area contributed by atoms with Crippen LogP contribution in [0, 0.1) is 0 Å². The third kappa shape index (κ3) is 6.76. The van der Waals surface area contributed by atoms with E-state index in [4.69, 9.17) is 21.7 Å². The minimum atomic E-state index is -0.397. The minimum absolute atomic E-state index is 0.00156. The van der Waals surface area contributed by atoms with E-state index in [0.29, 0.717) is 31.1 Å². The Kier molecular flexibility index (Phi) is 8.53. The van der Waals surface area contributed by atoms with Crippen molar-refractivity contribution in [2.75, 3.05) is 19.8 Å². The number of rotatable bonds is 8. The van der Waals surface area contributed by atoms with Gasteiger partial charge in [-0.2, -0.15) is 0 Å². The van der Waals surface area contributed by atoms with Gasteiger partial charge in [-0.25, -0.2) is 0 Å². The number of benzene rings is 3. The molecule has 0 aliphatic rings. The van der Waals surface area contributed by atoms with Gasteiger partial charge in [0.25, 0.3) is 5.91 Å². The molecule has 3 aromatic rings. The summed E-state index contributed by atoms with van der Waals surface area (Å²) in [4.78, 5) is 24.6. The zero-order chi connectivity index (χ0) is 22.8. The molecule has 0 atom stereocenters. The van der Waals surface area contributed by atoms with Crippen molar-refractivity contribution < 1.29 is 19.1 Å². The monoisotopic (exact) mass is 451 g/mol. The van der Waals surface area contributed by atoms with Crippen molar-refractivity contribution in [2.45, 2.75) is 13.3 Å². The van der Waals surface area contributed by atoms with Gasteiger partial charge in [-0.05, 0) is 59.7 Å². The molecular weight excluding hydrogens is 426 g/mol. The number of ether oxygens (including phenoxy) is 2. The second-order valence-electron chi connectivity index (χ2n) is 6.84. The summed E-state index contributed by atoms with van der Waals surface area (Å²) in [6, 6.07) is 20.4. The first-order valence-electron chi connectivity index (χ1n) is 10.2. The lowest BCUT2D eigenvalue weighted by Crippen LogP contribution is -2.48. The summed E-state index contributed by atoms with van der Waals surface area (Å²) in [7, 11) is 0. The summed E-state index contributed by atoms with van der Waals surface area (Å²) >= 11 is 5.10. The Labute approximate surface area is 192 Å². The molecule has 0 fully saturated rings. The third-order valence-electron chi connectivity index (χ3n) is 4.59. The summed E-state index contributed by atoms with van der Waals surface area (Å²) in [6.45, 7) is 3.50. The second kappa shape index (κ2) is 11.8. The molecule has 166 valence electrons. The quantitative estimate of drug-likeness (QED) is 0.277. The van der Waals surface area contributed by atoms with Crippen molar-refractivity contribution in [1.29, 1.82) is 0 Å². The second-order valence-corrected chi connectivity index (χ2v) is 7.25. The standard InChI is InChI=1S/C24H25N3O4S/c1-2-30-14-15-31-20-12-10-18(11-13-20)23(29)25-24(32)27-26-22(28)16-19-8-5-7-17-6-3-4-9-21(17)19/h3-13H,2,14-16H2,1H3,(H,26,28)(H2,25,27,29,32). The molecule has 7 nitrogen and oxygen atoms in total. The summed E-state index contributed by atoms with van der Waals surface area (Å²) in [6.07, 6.45) is 0.176. The van der Waals surface area contributed by atoms with E-state index in [-0.39, 0.29) is 17.4 Å². The normalized spacial score (nSPS) is 10.4. The predicted octanol–water partition coefficient (Wildman–Crippen LogP) is 3.13. The van der Waals surface area contributed by atoms with E-state index < -0.39 is 5.91 Å². The summed E-state index contributed by atoms with van der Waals surface area (Å²) < 4.78 is 10.7. The molecule has 0 saturated heterocycles. The fourth-order valence-electron chi connectivity index (χ4n) is 3.06. The van der Waals surface area contributed by atoms with Crippen LogP contribution in [0.15, 0.2) is 66.7 Å². The van der Waals surface area contributed by atoms with E-state index in [9.17, 15) is 9.59 Å². The van der Waals surface area contributed by atoms with Gasteiger partial charge in [-0.3, -0.25) is 25.8 Å².